The highest BCUT2D eigenvalue weighted by Crippen LogP contribution is 1.97. The Morgan fingerprint density at radius 2 is 1.58 bits per heavy atom. The quantitative estimate of drug-likeness (QED) is 0.577. The standard InChI is InChI=1S/C8H8.C3H8.CH4/c1-2-8-6-4-3-5-7-8;1-3-2;/h2-7H,1H2;3H2,1-2H3;1H4. The fourth-order valence-corrected chi connectivity index (χ4v) is 0.589. The van der Waals surface area contributed by atoms with Gasteiger partial charge in [0.05, 0.1) is 0 Å². The maximum atomic E-state index is 3.63. The Labute approximate surface area is 76.9 Å². The summed E-state index contributed by atoms with van der Waals surface area (Å²) in [6.07, 6.45) is 3.08. The van der Waals surface area contributed by atoms with Gasteiger partial charge in [0.15, 0.2) is 0 Å². The lowest BCUT2D eigenvalue weighted by Gasteiger charge is -1.85. The van der Waals surface area contributed by atoms with Crippen LogP contribution in [0.15, 0.2) is 36.9 Å². The third-order valence-electron chi connectivity index (χ3n) is 1.04. The topological polar surface area (TPSA) is 0 Å². The summed E-state index contributed by atoms with van der Waals surface area (Å²) in [5, 5.41) is 0. The molecule has 0 saturated heterocycles. The van der Waals surface area contributed by atoms with E-state index in [1.54, 1.807) is 0 Å². The van der Waals surface area contributed by atoms with Crippen LogP contribution in [0.25, 0.3) is 6.08 Å². The van der Waals surface area contributed by atoms with Crippen molar-refractivity contribution in [3.63, 3.8) is 0 Å². The predicted octanol–water partition coefficient (Wildman–Crippen LogP) is 4.38. The van der Waals surface area contributed by atoms with Crippen LogP contribution in [0.4, 0.5) is 0 Å². The second kappa shape index (κ2) is 9.96. The summed E-state index contributed by atoms with van der Waals surface area (Å²) in [5.41, 5.74) is 1.17. The molecule has 0 N–H and O–H groups in total. The molecule has 0 unspecified atom stereocenters. The van der Waals surface area contributed by atoms with E-state index in [2.05, 4.69) is 20.4 Å². The molecule has 0 heterocycles. The highest BCUT2D eigenvalue weighted by atomic mass is 13.8. The van der Waals surface area contributed by atoms with E-state index in [1.165, 1.54) is 12.0 Å². The Morgan fingerprint density at radius 3 is 1.83 bits per heavy atom. The van der Waals surface area contributed by atoms with Crippen LogP contribution in [0.5, 0.6) is 0 Å². The average Bonchev–Trinajstić information content (AvgIpc) is 2.08. The summed E-state index contributed by atoms with van der Waals surface area (Å²) in [6, 6.07) is 10.0. The van der Waals surface area contributed by atoms with E-state index in [9.17, 15) is 0 Å². The van der Waals surface area contributed by atoms with E-state index in [1.807, 2.05) is 36.4 Å². The number of hydrogen-bond donors (Lipinski definition) is 0. The summed E-state index contributed by atoms with van der Waals surface area (Å²) in [5.74, 6) is 0. The fourth-order valence-electron chi connectivity index (χ4n) is 0.589. The second-order valence-electron chi connectivity index (χ2n) is 2.32. The van der Waals surface area contributed by atoms with E-state index in [-0.39, 0.29) is 7.43 Å². The molecule has 0 saturated carbocycles. The molecule has 1 rings (SSSR count). The van der Waals surface area contributed by atoms with Crippen LogP contribution in [0.1, 0.15) is 33.3 Å². The molecule has 0 nitrogen and oxygen atoms in total. The van der Waals surface area contributed by atoms with Gasteiger partial charge in [-0.2, -0.15) is 0 Å². The van der Waals surface area contributed by atoms with E-state index >= 15 is 0 Å². The molecule has 0 spiro atoms. The Hall–Kier alpha value is -1.04. The molecule has 0 bridgehead atoms. The lowest BCUT2D eigenvalue weighted by atomic mass is 10.2. The molecule has 0 aliphatic heterocycles. The van der Waals surface area contributed by atoms with Crippen LogP contribution >= 0.6 is 0 Å². The first kappa shape index (κ1) is 13.5. The van der Waals surface area contributed by atoms with Crippen LogP contribution < -0.4 is 0 Å². The highest BCUT2D eigenvalue weighted by Gasteiger charge is 1.75. The number of benzene rings is 1. The monoisotopic (exact) mass is 164 g/mol. The maximum absolute atomic E-state index is 3.63. The molecule has 0 fully saturated rings. The minimum absolute atomic E-state index is 0. The SMILES string of the molecule is C.C=Cc1ccccc1.CCC. The van der Waals surface area contributed by atoms with Gasteiger partial charge in [-0.25, -0.2) is 0 Å². The van der Waals surface area contributed by atoms with Crippen molar-refractivity contribution in [3.05, 3.63) is 42.5 Å². The largest absolute Gasteiger partial charge is 0.0985 e. The van der Waals surface area contributed by atoms with Gasteiger partial charge < -0.3 is 0 Å². The molecular formula is C12H20. The zero-order chi connectivity index (χ0) is 8.53. The van der Waals surface area contributed by atoms with Crippen molar-refractivity contribution in [3.8, 4) is 0 Å². The molecule has 12 heavy (non-hydrogen) atoms. The maximum Gasteiger partial charge on any atom is -0.0263 e. The van der Waals surface area contributed by atoms with Crippen molar-refractivity contribution in [2.24, 2.45) is 0 Å². The minimum Gasteiger partial charge on any atom is -0.0985 e. The molecule has 0 aliphatic rings. The molecule has 0 atom stereocenters. The van der Waals surface area contributed by atoms with Crippen LogP contribution in [0.3, 0.4) is 0 Å². The zero-order valence-electron chi connectivity index (χ0n) is 7.38. The van der Waals surface area contributed by atoms with E-state index < -0.39 is 0 Å². The van der Waals surface area contributed by atoms with Crippen molar-refractivity contribution in [2.75, 3.05) is 0 Å². The molecule has 0 heteroatoms. The first-order valence-electron chi connectivity index (χ1n) is 4.02. The Morgan fingerprint density at radius 1 is 1.17 bits per heavy atom. The Balaban J connectivity index is 0. The Kier molecular flexibility index (Phi) is 11.2. The lowest BCUT2D eigenvalue weighted by Crippen LogP contribution is -1.63. The van der Waals surface area contributed by atoms with Gasteiger partial charge in [0, 0.05) is 0 Å². The second-order valence-corrected chi connectivity index (χ2v) is 2.32. The van der Waals surface area contributed by atoms with Gasteiger partial charge >= 0.3 is 0 Å². The summed E-state index contributed by atoms with van der Waals surface area (Å²) < 4.78 is 0. The van der Waals surface area contributed by atoms with Crippen molar-refractivity contribution in [2.45, 2.75) is 27.7 Å². The van der Waals surface area contributed by atoms with E-state index in [0.717, 1.165) is 0 Å². The molecule has 0 amide bonds. The van der Waals surface area contributed by atoms with Crippen LogP contribution in [-0.2, 0) is 0 Å². The van der Waals surface area contributed by atoms with Crippen LogP contribution in [0.2, 0.25) is 0 Å². The highest BCUT2D eigenvalue weighted by molar-refractivity contribution is 5.45. The van der Waals surface area contributed by atoms with E-state index in [0.29, 0.717) is 0 Å². The Bertz CT molecular complexity index is 174. The van der Waals surface area contributed by atoms with Gasteiger partial charge in [-0.3, -0.25) is 0 Å². The summed E-state index contributed by atoms with van der Waals surface area (Å²) in [4.78, 5) is 0. The van der Waals surface area contributed by atoms with Gasteiger partial charge in [-0.05, 0) is 5.56 Å². The summed E-state index contributed by atoms with van der Waals surface area (Å²) in [6.45, 7) is 7.88. The summed E-state index contributed by atoms with van der Waals surface area (Å²) >= 11 is 0. The van der Waals surface area contributed by atoms with Crippen molar-refractivity contribution in [1.29, 1.82) is 0 Å². The average molecular weight is 164 g/mol. The number of hydrogen-bond acceptors (Lipinski definition) is 0. The molecule has 1 aromatic rings. The van der Waals surface area contributed by atoms with Crippen molar-refractivity contribution >= 4 is 6.08 Å². The number of rotatable bonds is 1. The predicted molar refractivity (Wildman–Crippen MR) is 59.2 cm³/mol. The molecule has 0 aromatic heterocycles. The smallest absolute Gasteiger partial charge is 0.0263 e. The van der Waals surface area contributed by atoms with Crippen LogP contribution in [-0.4, -0.2) is 0 Å². The molecular weight excluding hydrogens is 144 g/mol. The molecule has 68 valence electrons. The van der Waals surface area contributed by atoms with E-state index in [4.69, 9.17) is 0 Å². The van der Waals surface area contributed by atoms with Gasteiger partial charge in [-0.1, -0.05) is 70.7 Å². The third-order valence-corrected chi connectivity index (χ3v) is 1.04. The van der Waals surface area contributed by atoms with Crippen LogP contribution in [0, 0.1) is 0 Å². The molecule has 1 aromatic carbocycles. The normalized spacial score (nSPS) is 7.17. The fraction of sp³-hybridized carbons (Fsp3) is 0.333. The van der Waals surface area contributed by atoms with Gasteiger partial charge in [0.25, 0.3) is 0 Å². The van der Waals surface area contributed by atoms with Crippen molar-refractivity contribution in [1.82, 2.24) is 0 Å². The summed E-state index contributed by atoms with van der Waals surface area (Å²) in [7, 11) is 0. The van der Waals surface area contributed by atoms with Gasteiger partial charge in [0.2, 0.25) is 0 Å². The minimum atomic E-state index is 0. The van der Waals surface area contributed by atoms with Gasteiger partial charge in [0.1, 0.15) is 0 Å². The zero-order valence-corrected chi connectivity index (χ0v) is 7.38. The lowest BCUT2D eigenvalue weighted by molar-refractivity contribution is 1.09. The van der Waals surface area contributed by atoms with Crippen molar-refractivity contribution < 1.29 is 0 Å². The first-order valence-corrected chi connectivity index (χ1v) is 4.02. The van der Waals surface area contributed by atoms with Gasteiger partial charge in [-0.15, -0.1) is 0 Å². The third kappa shape index (κ3) is 7.07. The molecule has 0 radical (unpaired) electrons. The first-order chi connectivity index (χ1) is 5.35. The molecule has 0 aliphatic carbocycles.